The smallest absolute Gasteiger partial charge is 0.118 e. The fraction of sp³-hybridized carbons (Fsp3) is 0.455. The summed E-state index contributed by atoms with van der Waals surface area (Å²) in [6.45, 7) is 8.83. The minimum absolute atomic E-state index is 0.449. The molecular weight excluding hydrogens is 181 g/mol. The molecule has 0 aliphatic carbocycles. The van der Waals surface area contributed by atoms with Gasteiger partial charge in [0.25, 0.3) is 0 Å². The SMILES string of the molecule is C=C/C(=C\C=C\F)OCCNC.CC. The van der Waals surface area contributed by atoms with Crippen LogP contribution in [0.3, 0.4) is 0 Å². The highest BCUT2D eigenvalue weighted by Gasteiger charge is 1.88. The van der Waals surface area contributed by atoms with E-state index >= 15 is 0 Å². The standard InChI is InChI=1S/C9H14FNO.C2H6/c1-3-9(5-4-6-10)12-8-7-11-2;1-2/h3-6,11H,1,7-8H2,2H3;1-2H3/b6-4+,9-5+;. The van der Waals surface area contributed by atoms with Gasteiger partial charge in [0.2, 0.25) is 0 Å². The molecule has 0 atom stereocenters. The largest absolute Gasteiger partial charge is 0.492 e. The Morgan fingerprint density at radius 1 is 1.50 bits per heavy atom. The van der Waals surface area contributed by atoms with Crippen LogP contribution in [0.2, 0.25) is 0 Å². The number of nitrogens with one attached hydrogen (secondary N) is 1. The molecule has 0 fully saturated rings. The summed E-state index contributed by atoms with van der Waals surface area (Å²) in [6.07, 6.45) is 4.76. The molecule has 0 aliphatic rings. The van der Waals surface area contributed by atoms with E-state index in [0.29, 0.717) is 18.7 Å². The number of halogens is 1. The van der Waals surface area contributed by atoms with Crippen LogP contribution in [-0.2, 0) is 4.74 Å². The highest BCUT2D eigenvalue weighted by Crippen LogP contribution is 1.98. The van der Waals surface area contributed by atoms with Gasteiger partial charge in [-0.2, -0.15) is 0 Å². The van der Waals surface area contributed by atoms with Crippen molar-refractivity contribution in [1.29, 1.82) is 0 Å². The van der Waals surface area contributed by atoms with E-state index in [2.05, 4.69) is 11.9 Å². The second-order valence-corrected chi connectivity index (χ2v) is 2.04. The van der Waals surface area contributed by atoms with Crippen LogP contribution in [0.25, 0.3) is 0 Å². The second-order valence-electron chi connectivity index (χ2n) is 2.04. The van der Waals surface area contributed by atoms with Gasteiger partial charge in [0.1, 0.15) is 12.4 Å². The minimum atomic E-state index is 0.449. The lowest BCUT2D eigenvalue weighted by molar-refractivity contribution is 0.227. The van der Waals surface area contributed by atoms with Crippen LogP contribution in [-0.4, -0.2) is 20.2 Å². The number of rotatable bonds is 6. The van der Waals surface area contributed by atoms with E-state index in [4.69, 9.17) is 4.74 Å². The molecular formula is C11H20FNO. The number of ether oxygens (including phenoxy) is 1. The molecule has 1 N–H and O–H groups in total. The summed E-state index contributed by atoms with van der Waals surface area (Å²) >= 11 is 0. The Morgan fingerprint density at radius 3 is 2.57 bits per heavy atom. The summed E-state index contributed by atoms with van der Waals surface area (Å²) in [7, 11) is 1.84. The van der Waals surface area contributed by atoms with E-state index in [9.17, 15) is 4.39 Å². The molecule has 0 spiro atoms. The minimum Gasteiger partial charge on any atom is -0.492 e. The van der Waals surface area contributed by atoms with Crippen LogP contribution in [0.4, 0.5) is 4.39 Å². The van der Waals surface area contributed by atoms with Crippen molar-refractivity contribution in [2.24, 2.45) is 0 Å². The first-order chi connectivity index (χ1) is 6.85. The zero-order valence-electron chi connectivity index (χ0n) is 9.22. The summed E-state index contributed by atoms with van der Waals surface area (Å²) in [6, 6.07) is 0. The maximum atomic E-state index is 11.6. The summed E-state index contributed by atoms with van der Waals surface area (Å²) < 4.78 is 16.7. The van der Waals surface area contributed by atoms with Gasteiger partial charge in [-0.25, -0.2) is 4.39 Å². The van der Waals surface area contributed by atoms with Crippen molar-refractivity contribution < 1.29 is 9.13 Å². The number of hydrogen-bond donors (Lipinski definition) is 1. The molecule has 3 heteroatoms. The van der Waals surface area contributed by atoms with Crippen molar-refractivity contribution in [2.45, 2.75) is 13.8 Å². The third kappa shape index (κ3) is 10.9. The van der Waals surface area contributed by atoms with Crippen LogP contribution in [0.1, 0.15) is 13.8 Å². The van der Waals surface area contributed by atoms with Gasteiger partial charge in [0.05, 0.1) is 6.33 Å². The monoisotopic (exact) mass is 201 g/mol. The third-order valence-electron chi connectivity index (χ3n) is 1.16. The highest BCUT2D eigenvalue weighted by molar-refractivity contribution is 5.15. The summed E-state index contributed by atoms with van der Waals surface area (Å²) in [5.74, 6) is 0.569. The molecule has 0 aliphatic heterocycles. The molecule has 82 valence electrons. The average Bonchev–Trinajstić information content (AvgIpc) is 2.26. The molecule has 0 unspecified atom stereocenters. The van der Waals surface area contributed by atoms with Crippen molar-refractivity contribution in [3.8, 4) is 0 Å². The molecule has 14 heavy (non-hydrogen) atoms. The normalized spacial score (nSPS) is 10.7. The predicted molar refractivity (Wildman–Crippen MR) is 59.8 cm³/mol. The van der Waals surface area contributed by atoms with Crippen LogP contribution >= 0.6 is 0 Å². The Labute approximate surface area is 86.2 Å². The van der Waals surface area contributed by atoms with Crippen molar-refractivity contribution in [1.82, 2.24) is 5.32 Å². The zero-order chi connectivity index (χ0) is 11.2. The Morgan fingerprint density at radius 2 is 2.14 bits per heavy atom. The molecule has 0 amide bonds. The maximum absolute atomic E-state index is 11.6. The van der Waals surface area contributed by atoms with Gasteiger partial charge in [0, 0.05) is 6.54 Å². The summed E-state index contributed by atoms with van der Waals surface area (Å²) in [4.78, 5) is 0. The molecule has 0 heterocycles. The molecule has 0 saturated heterocycles. The Bertz CT molecular complexity index is 176. The van der Waals surface area contributed by atoms with Crippen LogP contribution in [0.5, 0.6) is 0 Å². The first-order valence-corrected chi connectivity index (χ1v) is 4.72. The predicted octanol–water partition coefficient (Wildman–Crippen LogP) is 2.80. The first-order valence-electron chi connectivity index (χ1n) is 4.72. The van der Waals surface area contributed by atoms with E-state index in [1.807, 2.05) is 20.9 Å². The zero-order valence-corrected chi connectivity index (χ0v) is 9.22. The van der Waals surface area contributed by atoms with E-state index in [1.54, 1.807) is 0 Å². The van der Waals surface area contributed by atoms with Crippen molar-refractivity contribution in [2.75, 3.05) is 20.2 Å². The first kappa shape index (κ1) is 15.4. The van der Waals surface area contributed by atoms with E-state index in [-0.39, 0.29) is 0 Å². The summed E-state index contributed by atoms with van der Waals surface area (Å²) in [5.41, 5.74) is 0. The second kappa shape index (κ2) is 14.4. The van der Waals surface area contributed by atoms with Gasteiger partial charge < -0.3 is 10.1 Å². The van der Waals surface area contributed by atoms with Gasteiger partial charge in [-0.15, -0.1) is 0 Å². The quantitative estimate of drug-likeness (QED) is 0.405. The van der Waals surface area contributed by atoms with E-state index < -0.39 is 0 Å². The molecule has 0 radical (unpaired) electrons. The Hall–Kier alpha value is -1.09. The lowest BCUT2D eigenvalue weighted by atomic mass is 10.4. The summed E-state index contributed by atoms with van der Waals surface area (Å²) in [5, 5.41) is 2.92. The van der Waals surface area contributed by atoms with Crippen LogP contribution < -0.4 is 5.32 Å². The topological polar surface area (TPSA) is 21.3 Å². The van der Waals surface area contributed by atoms with Crippen molar-refractivity contribution >= 4 is 0 Å². The number of likely N-dealkylation sites (N-methyl/N-ethyl adjacent to an activating group) is 1. The molecule has 0 rings (SSSR count). The van der Waals surface area contributed by atoms with Gasteiger partial charge in [-0.1, -0.05) is 20.4 Å². The van der Waals surface area contributed by atoms with Gasteiger partial charge in [-0.05, 0) is 25.3 Å². The van der Waals surface area contributed by atoms with Gasteiger partial charge >= 0.3 is 0 Å². The van der Waals surface area contributed by atoms with Crippen molar-refractivity contribution in [3.63, 3.8) is 0 Å². The lowest BCUT2D eigenvalue weighted by Gasteiger charge is -2.04. The fourth-order valence-electron chi connectivity index (χ4n) is 0.577. The Kier molecular flexibility index (Phi) is 15.9. The molecule has 0 bridgehead atoms. The van der Waals surface area contributed by atoms with Crippen molar-refractivity contribution in [3.05, 3.63) is 36.9 Å². The highest BCUT2D eigenvalue weighted by atomic mass is 19.1. The average molecular weight is 201 g/mol. The van der Waals surface area contributed by atoms with Gasteiger partial charge in [-0.3, -0.25) is 0 Å². The number of hydrogen-bond acceptors (Lipinski definition) is 2. The van der Waals surface area contributed by atoms with Crippen LogP contribution in [0.15, 0.2) is 36.9 Å². The van der Waals surface area contributed by atoms with Crippen LogP contribution in [0, 0.1) is 0 Å². The number of allylic oxidation sites excluding steroid dienone is 3. The molecule has 0 aromatic heterocycles. The molecule has 0 saturated carbocycles. The fourth-order valence-corrected chi connectivity index (χ4v) is 0.577. The lowest BCUT2D eigenvalue weighted by Crippen LogP contribution is -2.13. The van der Waals surface area contributed by atoms with Gasteiger partial charge in [0.15, 0.2) is 0 Å². The maximum Gasteiger partial charge on any atom is 0.118 e. The molecule has 2 nitrogen and oxygen atoms in total. The molecule has 0 aromatic rings. The molecule has 0 aromatic carbocycles. The Balaban J connectivity index is 0. The van der Waals surface area contributed by atoms with E-state index in [1.165, 1.54) is 18.2 Å². The van der Waals surface area contributed by atoms with E-state index in [0.717, 1.165) is 6.54 Å². The third-order valence-corrected chi connectivity index (χ3v) is 1.16.